The van der Waals surface area contributed by atoms with Crippen LogP contribution in [0.1, 0.15) is 28.8 Å². The number of halogens is 1. The van der Waals surface area contributed by atoms with Crippen molar-refractivity contribution in [1.82, 2.24) is 4.57 Å². The second-order valence-electron chi connectivity index (χ2n) is 5.04. The van der Waals surface area contributed by atoms with Crippen LogP contribution in [0.15, 0.2) is 35.1 Å². The van der Waals surface area contributed by atoms with Crippen LogP contribution in [0.4, 0.5) is 4.39 Å². The molecule has 4 heteroatoms. The van der Waals surface area contributed by atoms with Gasteiger partial charge in [-0.05, 0) is 48.6 Å². The molecule has 0 amide bonds. The minimum Gasteiger partial charge on any atom is -0.308 e. The molecule has 0 bridgehead atoms. The molecular weight excluding hydrogens is 255 g/mol. The van der Waals surface area contributed by atoms with Gasteiger partial charge in [-0.1, -0.05) is 6.07 Å². The number of fused-ring (bicyclic) bond motifs is 1. The fourth-order valence-electron chi connectivity index (χ4n) is 2.80. The van der Waals surface area contributed by atoms with Gasteiger partial charge in [0.25, 0.3) is 5.56 Å². The highest BCUT2D eigenvalue weighted by atomic mass is 19.1. The molecule has 100 valence electrons. The predicted octanol–water partition coefficient (Wildman–Crippen LogP) is 2.40. The van der Waals surface area contributed by atoms with E-state index in [0.29, 0.717) is 12.1 Å². The van der Waals surface area contributed by atoms with E-state index >= 15 is 0 Å². The fraction of sp³-hybridized carbons (Fsp3) is 0.250. The molecule has 2 aromatic rings. The molecule has 0 fully saturated rings. The van der Waals surface area contributed by atoms with Crippen LogP contribution in [-0.2, 0) is 19.4 Å². The van der Waals surface area contributed by atoms with Gasteiger partial charge >= 0.3 is 0 Å². The summed E-state index contributed by atoms with van der Waals surface area (Å²) in [5.74, 6) is -0.445. The van der Waals surface area contributed by atoms with Gasteiger partial charge in [-0.15, -0.1) is 0 Å². The monoisotopic (exact) mass is 268 g/mol. The maximum Gasteiger partial charge on any atom is 0.251 e. The van der Waals surface area contributed by atoms with Crippen LogP contribution < -0.4 is 5.56 Å². The standard InChI is InChI=1S/C16H13FN2O/c17-14-7-11(9-18)6-12(8-14)10-19-15-3-1-2-13(15)4-5-16(19)20/h4-8H,1-3,10H2. The van der Waals surface area contributed by atoms with E-state index < -0.39 is 5.82 Å². The quantitative estimate of drug-likeness (QED) is 0.839. The molecule has 3 rings (SSSR count). The molecular formula is C16H13FN2O. The summed E-state index contributed by atoms with van der Waals surface area (Å²) in [6.45, 7) is 0.314. The molecule has 0 saturated heterocycles. The van der Waals surface area contributed by atoms with Gasteiger partial charge in [-0.2, -0.15) is 5.26 Å². The number of hydrogen-bond acceptors (Lipinski definition) is 2. The minimum absolute atomic E-state index is 0.0755. The molecule has 1 aromatic carbocycles. The number of hydrogen-bond donors (Lipinski definition) is 0. The summed E-state index contributed by atoms with van der Waals surface area (Å²) < 4.78 is 15.1. The zero-order valence-electron chi connectivity index (χ0n) is 10.9. The second-order valence-corrected chi connectivity index (χ2v) is 5.04. The van der Waals surface area contributed by atoms with Crippen molar-refractivity contribution in [3.05, 3.63) is 68.9 Å². The summed E-state index contributed by atoms with van der Waals surface area (Å²) in [6.07, 6.45) is 2.92. The number of nitrogens with zero attached hydrogens (tertiary/aromatic N) is 2. The van der Waals surface area contributed by atoms with Gasteiger partial charge in [0.2, 0.25) is 0 Å². The van der Waals surface area contributed by atoms with Gasteiger partial charge in [-0.25, -0.2) is 4.39 Å². The lowest BCUT2D eigenvalue weighted by Gasteiger charge is -2.12. The highest BCUT2D eigenvalue weighted by Crippen LogP contribution is 2.21. The van der Waals surface area contributed by atoms with Gasteiger partial charge in [0.05, 0.1) is 18.2 Å². The van der Waals surface area contributed by atoms with Gasteiger partial charge in [0.1, 0.15) is 5.82 Å². The largest absolute Gasteiger partial charge is 0.308 e. The average Bonchev–Trinajstić information content (AvgIpc) is 2.90. The molecule has 1 aliphatic rings. The lowest BCUT2D eigenvalue weighted by molar-refractivity contribution is 0.620. The zero-order valence-corrected chi connectivity index (χ0v) is 10.9. The number of benzene rings is 1. The van der Waals surface area contributed by atoms with E-state index in [2.05, 4.69) is 0 Å². The van der Waals surface area contributed by atoms with Gasteiger partial charge in [-0.3, -0.25) is 4.79 Å². The summed E-state index contributed by atoms with van der Waals surface area (Å²) in [5.41, 5.74) is 3.08. The van der Waals surface area contributed by atoms with Crippen LogP contribution in [0, 0.1) is 17.1 Å². The third-order valence-electron chi connectivity index (χ3n) is 3.68. The Labute approximate surface area is 115 Å². The summed E-state index contributed by atoms with van der Waals surface area (Å²) in [5, 5.41) is 8.88. The molecule has 0 radical (unpaired) electrons. The normalized spacial score (nSPS) is 13.0. The average molecular weight is 268 g/mol. The number of aromatic nitrogens is 1. The van der Waals surface area contributed by atoms with Gasteiger partial charge < -0.3 is 4.57 Å². The molecule has 20 heavy (non-hydrogen) atoms. The Morgan fingerprint density at radius 2 is 2.10 bits per heavy atom. The SMILES string of the molecule is N#Cc1cc(F)cc(Cn2c3c(ccc2=O)CCC3)c1. The van der Waals surface area contributed by atoms with Crippen LogP contribution in [0.25, 0.3) is 0 Å². The van der Waals surface area contributed by atoms with Crippen molar-refractivity contribution >= 4 is 0 Å². The van der Waals surface area contributed by atoms with Crippen molar-refractivity contribution in [2.24, 2.45) is 0 Å². The first-order valence-corrected chi connectivity index (χ1v) is 6.58. The lowest BCUT2D eigenvalue weighted by Crippen LogP contribution is -2.23. The van der Waals surface area contributed by atoms with Crippen LogP contribution in [0.3, 0.4) is 0 Å². The van der Waals surface area contributed by atoms with Crippen LogP contribution in [0.2, 0.25) is 0 Å². The molecule has 1 heterocycles. The number of pyridine rings is 1. The van der Waals surface area contributed by atoms with Crippen molar-refractivity contribution in [2.45, 2.75) is 25.8 Å². The summed E-state index contributed by atoms with van der Waals surface area (Å²) in [4.78, 5) is 12.0. The number of rotatable bonds is 2. The summed E-state index contributed by atoms with van der Waals surface area (Å²) in [6, 6.07) is 9.58. The lowest BCUT2D eigenvalue weighted by atomic mass is 10.1. The highest BCUT2D eigenvalue weighted by molar-refractivity contribution is 5.34. The molecule has 1 aromatic heterocycles. The van der Waals surface area contributed by atoms with E-state index in [1.54, 1.807) is 16.7 Å². The highest BCUT2D eigenvalue weighted by Gasteiger charge is 2.16. The van der Waals surface area contributed by atoms with E-state index in [1.807, 2.05) is 12.1 Å². The smallest absolute Gasteiger partial charge is 0.251 e. The zero-order chi connectivity index (χ0) is 14.1. The Hall–Kier alpha value is -2.41. The molecule has 0 N–H and O–H groups in total. The Bertz CT molecular complexity index is 771. The molecule has 0 atom stereocenters. The fourth-order valence-corrected chi connectivity index (χ4v) is 2.80. The first kappa shape index (κ1) is 12.6. The second kappa shape index (κ2) is 4.93. The van der Waals surface area contributed by atoms with Gasteiger partial charge in [0, 0.05) is 11.8 Å². The van der Waals surface area contributed by atoms with Crippen molar-refractivity contribution in [2.75, 3.05) is 0 Å². The molecule has 3 nitrogen and oxygen atoms in total. The first-order chi connectivity index (χ1) is 9.67. The molecule has 0 saturated carbocycles. The third kappa shape index (κ3) is 2.23. The van der Waals surface area contributed by atoms with Crippen molar-refractivity contribution in [3.8, 4) is 6.07 Å². The van der Waals surface area contributed by atoms with Crippen molar-refractivity contribution < 1.29 is 4.39 Å². The van der Waals surface area contributed by atoms with Gasteiger partial charge in [0.15, 0.2) is 0 Å². The Morgan fingerprint density at radius 3 is 2.90 bits per heavy atom. The Morgan fingerprint density at radius 1 is 1.25 bits per heavy atom. The van der Waals surface area contributed by atoms with Crippen molar-refractivity contribution in [1.29, 1.82) is 5.26 Å². The Kier molecular flexibility index (Phi) is 3.11. The third-order valence-corrected chi connectivity index (χ3v) is 3.68. The molecule has 0 spiro atoms. The molecule has 0 unspecified atom stereocenters. The summed E-state index contributed by atoms with van der Waals surface area (Å²) >= 11 is 0. The first-order valence-electron chi connectivity index (χ1n) is 6.58. The maximum atomic E-state index is 13.5. The predicted molar refractivity (Wildman–Crippen MR) is 72.9 cm³/mol. The summed E-state index contributed by atoms with van der Waals surface area (Å²) in [7, 11) is 0. The topological polar surface area (TPSA) is 45.8 Å². The van der Waals surface area contributed by atoms with E-state index in [0.717, 1.165) is 25.0 Å². The van der Waals surface area contributed by atoms with Crippen molar-refractivity contribution in [3.63, 3.8) is 0 Å². The Balaban J connectivity index is 2.05. The molecule has 1 aliphatic carbocycles. The molecule has 0 aliphatic heterocycles. The number of nitriles is 1. The van der Waals surface area contributed by atoms with E-state index in [-0.39, 0.29) is 11.1 Å². The van der Waals surface area contributed by atoms with E-state index in [1.165, 1.54) is 17.7 Å². The van der Waals surface area contributed by atoms with E-state index in [4.69, 9.17) is 5.26 Å². The van der Waals surface area contributed by atoms with E-state index in [9.17, 15) is 9.18 Å². The van der Waals surface area contributed by atoms with Crippen LogP contribution >= 0.6 is 0 Å². The minimum atomic E-state index is -0.445. The number of aryl methyl sites for hydroxylation is 1. The van der Waals surface area contributed by atoms with Crippen LogP contribution in [-0.4, -0.2) is 4.57 Å². The van der Waals surface area contributed by atoms with Crippen LogP contribution in [0.5, 0.6) is 0 Å². The maximum absolute atomic E-state index is 13.5.